The first-order chi connectivity index (χ1) is 12.1. The van der Waals surface area contributed by atoms with E-state index in [-0.39, 0.29) is 5.69 Å². The molecule has 25 heavy (non-hydrogen) atoms. The van der Waals surface area contributed by atoms with E-state index in [0.717, 1.165) is 26.1 Å². The molecule has 1 aromatic heterocycles. The first-order valence-electron chi connectivity index (χ1n) is 8.40. The first kappa shape index (κ1) is 17.2. The zero-order valence-corrected chi connectivity index (χ0v) is 14.4. The third kappa shape index (κ3) is 4.45. The Hall–Kier alpha value is -2.67. The Morgan fingerprint density at radius 3 is 2.64 bits per heavy atom. The fourth-order valence-electron chi connectivity index (χ4n) is 2.71. The highest BCUT2D eigenvalue weighted by Crippen LogP contribution is 2.18. The molecule has 1 fully saturated rings. The summed E-state index contributed by atoms with van der Waals surface area (Å²) in [6.07, 6.45) is 0.869. The van der Waals surface area contributed by atoms with Gasteiger partial charge in [-0.3, -0.25) is 4.79 Å². The summed E-state index contributed by atoms with van der Waals surface area (Å²) in [7, 11) is 1.92. The maximum atomic E-state index is 11.7. The molecule has 3 rings (SSSR count). The number of carbonyl (C=O) groups excluding carboxylic acids is 1. The van der Waals surface area contributed by atoms with Crippen molar-refractivity contribution < 1.29 is 9.53 Å². The molecule has 1 aliphatic rings. The van der Waals surface area contributed by atoms with Crippen LogP contribution < -0.4 is 15.5 Å². The number of nitrogens with zero attached hydrogens (tertiary/aromatic N) is 4. The van der Waals surface area contributed by atoms with Crippen molar-refractivity contribution in [2.45, 2.75) is 6.42 Å². The van der Waals surface area contributed by atoms with E-state index >= 15 is 0 Å². The summed E-state index contributed by atoms with van der Waals surface area (Å²) in [6.45, 7) is 3.52. The minimum absolute atomic E-state index is 0.234. The molecular weight excluding hydrogens is 318 g/mol. The minimum atomic E-state index is -0.547. The molecule has 2 heterocycles. The van der Waals surface area contributed by atoms with E-state index in [1.807, 2.05) is 30.1 Å². The molecule has 2 aromatic rings. The van der Waals surface area contributed by atoms with Crippen molar-refractivity contribution in [3.8, 4) is 0 Å². The van der Waals surface area contributed by atoms with Crippen molar-refractivity contribution in [3.63, 3.8) is 0 Å². The second kappa shape index (κ2) is 7.94. The molecule has 0 atom stereocenters. The second-order valence-corrected chi connectivity index (χ2v) is 6.03. The summed E-state index contributed by atoms with van der Waals surface area (Å²) < 4.78 is 5.38. The summed E-state index contributed by atoms with van der Waals surface area (Å²) in [5.74, 6) is 0.678. The number of benzene rings is 1. The van der Waals surface area contributed by atoms with Crippen LogP contribution in [0.25, 0.3) is 0 Å². The lowest BCUT2D eigenvalue weighted by Crippen LogP contribution is -2.37. The van der Waals surface area contributed by atoms with Crippen LogP contribution in [0.15, 0.2) is 36.4 Å². The topological polar surface area (TPSA) is 84.6 Å². The number of morpholine rings is 1. The maximum absolute atomic E-state index is 11.7. The average Bonchev–Trinajstić information content (AvgIpc) is 2.67. The molecule has 0 aliphatic carbocycles. The van der Waals surface area contributed by atoms with E-state index in [4.69, 9.17) is 10.5 Å². The van der Waals surface area contributed by atoms with Gasteiger partial charge in [-0.15, -0.1) is 0 Å². The van der Waals surface area contributed by atoms with Crippen LogP contribution in [0.1, 0.15) is 16.1 Å². The Labute approximate surface area is 147 Å². The Morgan fingerprint density at radius 2 is 1.96 bits per heavy atom. The number of carbonyl (C=O) groups is 1. The normalized spacial score (nSPS) is 14.4. The van der Waals surface area contributed by atoms with E-state index in [1.165, 1.54) is 5.56 Å². The molecule has 132 valence electrons. The molecule has 0 spiro atoms. The monoisotopic (exact) mass is 341 g/mol. The van der Waals surface area contributed by atoms with Crippen LogP contribution in [0.3, 0.4) is 0 Å². The number of likely N-dealkylation sites (N-methyl/N-ethyl adjacent to an activating group) is 1. The van der Waals surface area contributed by atoms with Crippen molar-refractivity contribution >= 4 is 17.7 Å². The summed E-state index contributed by atoms with van der Waals surface area (Å²) >= 11 is 0. The molecule has 1 amide bonds. The van der Waals surface area contributed by atoms with Crippen LogP contribution in [-0.4, -0.2) is 55.8 Å². The Balaban J connectivity index is 1.78. The van der Waals surface area contributed by atoms with Crippen LogP contribution in [0.4, 0.5) is 11.8 Å². The lowest BCUT2D eigenvalue weighted by atomic mass is 10.1. The minimum Gasteiger partial charge on any atom is -0.378 e. The van der Waals surface area contributed by atoms with Crippen LogP contribution in [0.2, 0.25) is 0 Å². The van der Waals surface area contributed by atoms with E-state index in [9.17, 15) is 4.79 Å². The zero-order valence-electron chi connectivity index (χ0n) is 14.4. The second-order valence-electron chi connectivity index (χ2n) is 6.03. The number of amides is 1. The number of nitrogens with two attached hydrogens (primary N) is 1. The molecule has 1 aromatic carbocycles. The molecule has 1 aliphatic heterocycles. The smallest absolute Gasteiger partial charge is 0.267 e. The van der Waals surface area contributed by atoms with Gasteiger partial charge in [-0.25, -0.2) is 4.98 Å². The van der Waals surface area contributed by atoms with Crippen molar-refractivity contribution in [2.24, 2.45) is 5.73 Å². The lowest BCUT2D eigenvalue weighted by molar-refractivity contribution is 0.0995. The molecule has 0 radical (unpaired) electrons. The van der Waals surface area contributed by atoms with Crippen LogP contribution in [0, 0.1) is 0 Å². The van der Waals surface area contributed by atoms with Gasteiger partial charge in [0.05, 0.1) is 13.2 Å². The van der Waals surface area contributed by atoms with Crippen LogP contribution in [-0.2, 0) is 11.2 Å². The summed E-state index contributed by atoms with van der Waals surface area (Å²) in [4.78, 5) is 24.6. The van der Waals surface area contributed by atoms with Crippen molar-refractivity contribution in [1.82, 2.24) is 9.97 Å². The number of aromatic nitrogens is 2. The zero-order chi connectivity index (χ0) is 17.6. The molecular formula is C18H23N5O2. The molecule has 2 N–H and O–H groups in total. The highest BCUT2D eigenvalue weighted by atomic mass is 16.5. The Kier molecular flexibility index (Phi) is 5.45. The number of rotatable bonds is 6. The lowest BCUT2D eigenvalue weighted by Gasteiger charge is -2.29. The number of ether oxygens (including phenoxy) is 1. The summed E-state index contributed by atoms with van der Waals surface area (Å²) in [5.41, 5.74) is 6.93. The SMILES string of the molecule is CN(CCc1ccccc1)c1nc(C(N)=O)cc(N2CCOCC2)n1. The highest BCUT2D eigenvalue weighted by molar-refractivity contribution is 5.91. The van der Waals surface area contributed by atoms with Gasteiger partial charge < -0.3 is 20.3 Å². The van der Waals surface area contributed by atoms with Crippen LogP contribution in [0.5, 0.6) is 0 Å². The first-order valence-corrected chi connectivity index (χ1v) is 8.40. The van der Waals surface area contributed by atoms with Gasteiger partial charge in [-0.1, -0.05) is 30.3 Å². The largest absolute Gasteiger partial charge is 0.378 e. The van der Waals surface area contributed by atoms with E-state index in [2.05, 4.69) is 27.0 Å². The fourth-order valence-corrected chi connectivity index (χ4v) is 2.71. The van der Waals surface area contributed by atoms with Gasteiger partial charge in [-0.05, 0) is 12.0 Å². The van der Waals surface area contributed by atoms with Crippen molar-refractivity contribution in [3.05, 3.63) is 47.7 Å². The van der Waals surface area contributed by atoms with Crippen molar-refractivity contribution in [2.75, 3.05) is 49.7 Å². The van der Waals surface area contributed by atoms with Gasteiger partial charge >= 0.3 is 0 Å². The van der Waals surface area contributed by atoms with E-state index in [1.54, 1.807) is 6.07 Å². The Bertz CT molecular complexity index is 717. The number of hydrogen-bond donors (Lipinski definition) is 1. The van der Waals surface area contributed by atoms with Gasteiger partial charge in [-0.2, -0.15) is 4.98 Å². The molecule has 1 saturated heterocycles. The average molecular weight is 341 g/mol. The third-order valence-corrected chi connectivity index (χ3v) is 4.21. The predicted octanol–water partition coefficient (Wildman–Crippen LogP) is 1.09. The van der Waals surface area contributed by atoms with Gasteiger partial charge in [0.25, 0.3) is 5.91 Å². The van der Waals surface area contributed by atoms with Gasteiger partial charge in [0.2, 0.25) is 5.95 Å². The number of anilines is 2. The predicted molar refractivity (Wildman–Crippen MR) is 97.0 cm³/mol. The molecule has 0 bridgehead atoms. The van der Waals surface area contributed by atoms with Gasteiger partial charge in [0.15, 0.2) is 0 Å². The van der Waals surface area contributed by atoms with E-state index < -0.39 is 5.91 Å². The molecule has 7 nitrogen and oxygen atoms in total. The summed E-state index contributed by atoms with van der Waals surface area (Å²) in [6, 6.07) is 11.9. The van der Waals surface area contributed by atoms with Crippen LogP contribution >= 0.6 is 0 Å². The summed E-state index contributed by atoms with van der Waals surface area (Å²) in [5, 5.41) is 0. The van der Waals surface area contributed by atoms with Gasteiger partial charge in [0, 0.05) is 32.7 Å². The number of hydrogen-bond acceptors (Lipinski definition) is 6. The van der Waals surface area contributed by atoms with E-state index in [0.29, 0.717) is 25.0 Å². The number of primary amides is 1. The Morgan fingerprint density at radius 1 is 1.24 bits per heavy atom. The quantitative estimate of drug-likeness (QED) is 0.847. The highest BCUT2D eigenvalue weighted by Gasteiger charge is 2.18. The molecule has 0 saturated carbocycles. The van der Waals surface area contributed by atoms with Crippen molar-refractivity contribution in [1.29, 1.82) is 0 Å². The standard InChI is InChI=1S/C18H23N5O2/c1-22(8-7-14-5-3-2-4-6-14)18-20-15(17(19)24)13-16(21-18)23-9-11-25-12-10-23/h2-6,13H,7-12H2,1H3,(H2,19,24). The molecule has 0 unspecified atom stereocenters. The molecule has 7 heteroatoms. The van der Waals surface area contributed by atoms with Gasteiger partial charge in [0.1, 0.15) is 11.5 Å². The third-order valence-electron chi connectivity index (χ3n) is 4.21. The maximum Gasteiger partial charge on any atom is 0.267 e. The fraction of sp³-hybridized carbons (Fsp3) is 0.389.